The number of aliphatic carboxylic acids is 1. The van der Waals surface area contributed by atoms with Gasteiger partial charge in [0.2, 0.25) is 5.91 Å². The maximum Gasteiger partial charge on any atom is 0.416 e. The zero-order chi connectivity index (χ0) is 14.6. The molecule has 0 atom stereocenters. The molecule has 4 nitrogen and oxygen atoms in total. The predicted octanol–water partition coefficient (Wildman–Crippen LogP) is 2.27. The Hall–Kier alpha value is -2.31. The lowest BCUT2D eigenvalue weighted by atomic mass is 10.1. The van der Waals surface area contributed by atoms with Crippen molar-refractivity contribution < 1.29 is 27.9 Å². The van der Waals surface area contributed by atoms with Crippen LogP contribution in [0.4, 0.5) is 13.2 Å². The van der Waals surface area contributed by atoms with E-state index in [1.54, 1.807) is 0 Å². The lowest BCUT2D eigenvalue weighted by molar-refractivity contribution is -0.138. The van der Waals surface area contributed by atoms with Crippen molar-refractivity contribution in [2.45, 2.75) is 13.1 Å². The molecule has 1 aromatic rings. The Bertz CT molecular complexity index is 535. The molecule has 0 spiro atoms. The smallest absolute Gasteiger partial charge is 0.416 e. The molecular formula is C12H10F3NO3. The van der Waals surface area contributed by atoms with E-state index in [0.29, 0.717) is 0 Å². The van der Waals surface area contributed by atoms with E-state index in [4.69, 9.17) is 5.11 Å². The van der Waals surface area contributed by atoms with Gasteiger partial charge in [0, 0.05) is 6.92 Å². The Kier molecular flexibility index (Phi) is 4.31. The fourth-order valence-corrected chi connectivity index (χ4v) is 1.38. The second-order valence-corrected chi connectivity index (χ2v) is 3.63. The van der Waals surface area contributed by atoms with Crippen molar-refractivity contribution in [2.24, 2.45) is 0 Å². The topological polar surface area (TPSA) is 66.4 Å². The van der Waals surface area contributed by atoms with Crippen LogP contribution in [-0.2, 0) is 15.8 Å². The van der Waals surface area contributed by atoms with Gasteiger partial charge < -0.3 is 10.4 Å². The van der Waals surface area contributed by atoms with Gasteiger partial charge in [0.1, 0.15) is 5.70 Å². The quantitative estimate of drug-likeness (QED) is 0.830. The molecule has 0 unspecified atom stereocenters. The van der Waals surface area contributed by atoms with E-state index in [1.807, 2.05) is 5.32 Å². The van der Waals surface area contributed by atoms with E-state index in [1.165, 1.54) is 12.1 Å². The molecule has 0 bridgehead atoms. The molecular weight excluding hydrogens is 263 g/mol. The lowest BCUT2D eigenvalue weighted by Crippen LogP contribution is -2.24. The minimum absolute atomic E-state index is 0.332. The van der Waals surface area contributed by atoms with Gasteiger partial charge in [-0.15, -0.1) is 0 Å². The van der Waals surface area contributed by atoms with Crippen LogP contribution < -0.4 is 5.32 Å². The minimum atomic E-state index is -4.60. The third kappa shape index (κ3) is 4.13. The summed E-state index contributed by atoms with van der Waals surface area (Å²) >= 11 is 0. The fourth-order valence-electron chi connectivity index (χ4n) is 1.38. The molecule has 0 aliphatic carbocycles. The number of halogens is 3. The highest BCUT2D eigenvalue weighted by atomic mass is 19.4. The van der Waals surface area contributed by atoms with Crippen molar-refractivity contribution in [2.75, 3.05) is 0 Å². The van der Waals surface area contributed by atoms with E-state index in [-0.39, 0.29) is 5.56 Å². The Morgan fingerprint density at radius 2 is 1.84 bits per heavy atom. The minimum Gasteiger partial charge on any atom is -0.477 e. The van der Waals surface area contributed by atoms with Gasteiger partial charge in [-0.2, -0.15) is 13.2 Å². The third-order valence-electron chi connectivity index (χ3n) is 2.11. The zero-order valence-corrected chi connectivity index (χ0v) is 9.78. The molecule has 0 heterocycles. The van der Waals surface area contributed by atoms with Crippen LogP contribution in [0.1, 0.15) is 18.1 Å². The largest absolute Gasteiger partial charge is 0.477 e. The first-order valence-corrected chi connectivity index (χ1v) is 5.10. The zero-order valence-electron chi connectivity index (χ0n) is 9.78. The Morgan fingerprint density at radius 3 is 2.32 bits per heavy atom. The van der Waals surface area contributed by atoms with Gasteiger partial charge in [0.15, 0.2) is 0 Å². The number of benzene rings is 1. The lowest BCUT2D eigenvalue weighted by Gasteiger charge is -2.11. The van der Waals surface area contributed by atoms with Gasteiger partial charge in [0.25, 0.3) is 0 Å². The summed E-state index contributed by atoms with van der Waals surface area (Å²) in [5.74, 6) is -2.20. The Labute approximate surface area is 106 Å². The van der Waals surface area contributed by atoms with Crippen molar-refractivity contribution >= 4 is 18.0 Å². The van der Waals surface area contributed by atoms with Crippen LogP contribution in [0.5, 0.6) is 0 Å². The summed E-state index contributed by atoms with van der Waals surface area (Å²) in [7, 11) is 0. The van der Waals surface area contributed by atoms with E-state index >= 15 is 0 Å². The summed E-state index contributed by atoms with van der Waals surface area (Å²) in [5, 5.41) is 10.8. The molecule has 0 aromatic heterocycles. The van der Waals surface area contributed by atoms with Gasteiger partial charge >= 0.3 is 12.1 Å². The summed E-state index contributed by atoms with van der Waals surface area (Å²) in [6.45, 7) is 1.06. The van der Waals surface area contributed by atoms with Crippen molar-refractivity contribution in [3.05, 3.63) is 41.1 Å². The average Bonchev–Trinajstić information content (AvgIpc) is 2.26. The molecule has 1 amide bonds. The van der Waals surface area contributed by atoms with Crippen LogP contribution in [0.2, 0.25) is 0 Å². The summed E-state index contributed by atoms with van der Waals surface area (Å²) < 4.78 is 38.1. The second-order valence-electron chi connectivity index (χ2n) is 3.63. The first-order chi connectivity index (χ1) is 8.71. The molecule has 1 rings (SSSR count). The van der Waals surface area contributed by atoms with Crippen molar-refractivity contribution in [1.82, 2.24) is 5.32 Å². The highest BCUT2D eigenvalue weighted by Crippen LogP contribution is 2.32. The van der Waals surface area contributed by atoms with Gasteiger partial charge in [-0.25, -0.2) is 4.79 Å². The number of hydrogen-bond acceptors (Lipinski definition) is 2. The molecule has 0 aliphatic heterocycles. The Morgan fingerprint density at radius 1 is 1.26 bits per heavy atom. The monoisotopic (exact) mass is 273 g/mol. The van der Waals surface area contributed by atoms with Crippen LogP contribution in [0.3, 0.4) is 0 Å². The summed E-state index contributed by atoms with van der Waals surface area (Å²) in [6.07, 6.45) is -3.83. The maximum atomic E-state index is 12.7. The molecule has 2 N–H and O–H groups in total. The van der Waals surface area contributed by atoms with Crippen molar-refractivity contribution in [3.8, 4) is 0 Å². The van der Waals surface area contributed by atoms with Crippen LogP contribution in [0, 0.1) is 0 Å². The number of carboxylic acid groups (broad SMARTS) is 1. The first-order valence-electron chi connectivity index (χ1n) is 5.10. The van der Waals surface area contributed by atoms with Crippen LogP contribution in [-0.4, -0.2) is 17.0 Å². The SMILES string of the molecule is CC(=O)NC(=Cc1ccccc1C(F)(F)F)C(=O)O. The van der Waals surface area contributed by atoms with Gasteiger partial charge in [-0.1, -0.05) is 18.2 Å². The number of rotatable bonds is 3. The summed E-state index contributed by atoms with van der Waals surface area (Å²) in [5.41, 5.74) is -1.93. The van der Waals surface area contributed by atoms with Crippen molar-refractivity contribution in [3.63, 3.8) is 0 Å². The van der Waals surface area contributed by atoms with Crippen LogP contribution >= 0.6 is 0 Å². The number of amides is 1. The molecule has 1 aromatic carbocycles. The number of carboxylic acids is 1. The molecule has 0 aliphatic rings. The maximum absolute atomic E-state index is 12.7. The van der Waals surface area contributed by atoms with Crippen LogP contribution in [0.25, 0.3) is 6.08 Å². The van der Waals surface area contributed by atoms with Gasteiger partial charge in [0.05, 0.1) is 5.56 Å². The molecule has 19 heavy (non-hydrogen) atoms. The average molecular weight is 273 g/mol. The number of alkyl halides is 3. The predicted molar refractivity (Wildman–Crippen MR) is 60.9 cm³/mol. The normalized spacial score (nSPS) is 12.1. The highest BCUT2D eigenvalue weighted by molar-refractivity contribution is 5.96. The van der Waals surface area contributed by atoms with E-state index < -0.39 is 29.3 Å². The summed E-state index contributed by atoms with van der Waals surface area (Å²) in [4.78, 5) is 21.6. The standard InChI is InChI=1S/C12H10F3NO3/c1-7(17)16-10(11(18)19)6-8-4-2-3-5-9(8)12(13,14)15/h2-6H,1H3,(H,16,17)(H,18,19). The van der Waals surface area contributed by atoms with E-state index in [9.17, 15) is 22.8 Å². The van der Waals surface area contributed by atoms with Gasteiger partial charge in [-0.05, 0) is 17.7 Å². The third-order valence-corrected chi connectivity index (χ3v) is 2.11. The number of nitrogens with one attached hydrogen (secondary N) is 1. The van der Waals surface area contributed by atoms with E-state index in [0.717, 1.165) is 25.1 Å². The molecule has 0 radical (unpaired) electrons. The van der Waals surface area contributed by atoms with Gasteiger partial charge in [-0.3, -0.25) is 4.79 Å². The van der Waals surface area contributed by atoms with E-state index in [2.05, 4.69) is 0 Å². The fraction of sp³-hybridized carbons (Fsp3) is 0.167. The molecule has 0 fully saturated rings. The Balaban J connectivity index is 3.29. The molecule has 102 valence electrons. The highest BCUT2D eigenvalue weighted by Gasteiger charge is 2.32. The molecule has 0 saturated heterocycles. The van der Waals surface area contributed by atoms with Crippen molar-refractivity contribution in [1.29, 1.82) is 0 Å². The number of hydrogen-bond donors (Lipinski definition) is 2. The summed E-state index contributed by atoms with van der Waals surface area (Å²) in [6, 6.07) is 4.49. The molecule has 7 heteroatoms. The van der Waals surface area contributed by atoms with Crippen LogP contribution in [0.15, 0.2) is 30.0 Å². The second kappa shape index (κ2) is 5.55. The molecule has 0 saturated carbocycles. The number of carbonyl (C=O) groups is 2. The number of carbonyl (C=O) groups excluding carboxylic acids is 1. The first kappa shape index (κ1) is 14.7.